The Bertz CT molecular complexity index is 515. The van der Waals surface area contributed by atoms with Gasteiger partial charge in [0.25, 0.3) is 0 Å². The number of anilines is 1. The SMILES string of the molecule is Cc1ccc(NC(=O)CSCC(=O)NCC(N)C2CC2)cc1. The zero-order valence-corrected chi connectivity index (χ0v) is 13.6. The van der Waals surface area contributed by atoms with E-state index in [-0.39, 0.29) is 29.4 Å². The molecule has 22 heavy (non-hydrogen) atoms. The third kappa shape index (κ3) is 6.07. The van der Waals surface area contributed by atoms with Crippen LogP contribution in [0.1, 0.15) is 18.4 Å². The second-order valence-electron chi connectivity index (χ2n) is 5.71. The van der Waals surface area contributed by atoms with Crippen LogP contribution < -0.4 is 16.4 Å². The molecule has 1 saturated carbocycles. The van der Waals surface area contributed by atoms with Gasteiger partial charge in [0, 0.05) is 18.3 Å². The highest BCUT2D eigenvalue weighted by molar-refractivity contribution is 8.00. The van der Waals surface area contributed by atoms with Crippen molar-refractivity contribution in [2.24, 2.45) is 11.7 Å². The lowest BCUT2D eigenvalue weighted by Gasteiger charge is -2.11. The third-order valence-corrected chi connectivity index (χ3v) is 4.50. The smallest absolute Gasteiger partial charge is 0.234 e. The molecule has 0 aromatic heterocycles. The topological polar surface area (TPSA) is 84.2 Å². The van der Waals surface area contributed by atoms with E-state index in [4.69, 9.17) is 5.73 Å². The Morgan fingerprint density at radius 3 is 2.50 bits per heavy atom. The summed E-state index contributed by atoms with van der Waals surface area (Å²) in [5.41, 5.74) is 7.84. The lowest BCUT2D eigenvalue weighted by Crippen LogP contribution is -2.39. The lowest BCUT2D eigenvalue weighted by atomic mass is 10.2. The van der Waals surface area contributed by atoms with Crippen LogP contribution in [-0.2, 0) is 9.59 Å². The van der Waals surface area contributed by atoms with Crippen LogP contribution in [0.25, 0.3) is 0 Å². The first kappa shape index (κ1) is 16.8. The second-order valence-corrected chi connectivity index (χ2v) is 6.70. The first-order valence-electron chi connectivity index (χ1n) is 7.51. The highest BCUT2D eigenvalue weighted by Crippen LogP contribution is 2.31. The third-order valence-electron chi connectivity index (χ3n) is 3.56. The number of carbonyl (C=O) groups is 2. The number of hydrogen-bond donors (Lipinski definition) is 3. The number of thioether (sulfide) groups is 1. The van der Waals surface area contributed by atoms with Crippen LogP contribution in [0.4, 0.5) is 5.69 Å². The molecule has 1 fully saturated rings. The first-order chi connectivity index (χ1) is 10.5. The number of carbonyl (C=O) groups excluding carboxylic acids is 2. The van der Waals surface area contributed by atoms with Gasteiger partial charge in [0.15, 0.2) is 0 Å². The molecule has 0 radical (unpaired) electrons. The summed E-state index contributed by atoms with van der Waals surface area (Å²) in [6.07, 6.45) is 2.34. The summed E-state index contributed by atoms with van der Waals surface area (Å²) in [4.78, 5) is 23.4. The molecule has 1 atom stereocenters. The van der Waals surface area contributed by atoms with Gasteiger partial charge in [-0.1, -0.05) is 17.7 Å². The molecule has 1 aliphatic carbocycles. The zero-order valence-electron chi connectivity index (χ0n) is 12.8. The highest BCUT2D eigenvalue weighted by atomic mass is 32.2. The maximum atomic E-state index is 11.8. The number of nitrogens with two attached hydrogens (primary N) is 1. The van der Waals surface area contributed by atoms with Crippen molar-refractivity contribution in [2.45, 2.75) is 25.8 Å². The van der Waals surface area contributed by atoms with Gasteiger partial charge in [0.05, 0.1) is 11.5 Å². The van der Waals surface area contributed by atoms with E-state index in [0.29, 0.717) is 12.5 Å². The molecule has 5 nitrogen and oxygen atoms in total. The van der Waals surface area contributed by atoms with E-state index < -0.39 is 0 Å². The highest BCUT2D eigenvalue weighted by Gasteiger charge is 2.28. The quantitative estimate of drug-likeness (QED) is 0.678. The minimum absolute atomic E-state index is 0.0655. The molecule has 0 aliphatic heterocycles. The standard InChI is InChI=1S/C16H23N3O2S/c1-11-2-6-13(7-3-11)19-16(21)10-22-9-15(20)18-8-14(17)12-4-5-12/h2-3,6-7,12,14H,4-5,8-10,17H2,1H3,(H,18,20)(H,19,21). The Kier molecular flexibility index (Phi) is 6.27. The molecule has 6 heteroatoms. The van der Waals surface area contributed by atoms with Gasteiger partial charge in [-0.15, -0.1) is 11.8 Å². The molecule has 1 unspecified atom stereocenters. The Morgan fingerprint density at radius 1 is 1.23 bits per heavy atom. The molecular formula is C16H23N3O2S. The Morgan fingerprint density at radius 2 is 1.86 bits per heavy atom. The molecule has 120 valence electrons. The Balaban J connectivity index is 1.57. The molecule has 0 spiro atoms. The molecule has 1 aromatic rings. The summed E-state index contributed by atoms with van der Waals surface area (Å²) in [5.74, 6) is 0.947. The van der Waals surface area contributed by atoms with Gasteiger partial charge in [-0.3, -0.25) is 9.59 Å². The van der Waals surface area contributed by atoms with Crippen LogP contribution >= 0.6 is 11.8 Å². The monoisotopic (exact) mass is 321 g/mol. The molecule has 2 amide bonds. The van der Waals surface area contributed by atoms with Crippen LogP contribution in [0.5, 0.6) is 0 Å². The number of rotatable bonds is 8. The van der Waals surface area contributed by atoms with Gasteiger partial charge in [-0.2, -0.15) is 0 Å². The molecular weight excluding hydrogens is 298 g/mol. The lowest BCUT2D eigenvalue weighted by molar-refractivity contribution is -0.118. The van der Waals surface area contributed by atoms with E-state index in [0.717, 1.165) is 11.3 Å². The van der Waals surface area contributed by atoms with E-state index >= 15 is 0 Å². The summed E-state index contributed by atoms with van der Waals surface area (Å²) >= 11 is 1.30. The summed E-state index contributed by atoms with van der Waals surface area (Å²) in [6, 6.07) is 7.69. The average Bonchev–Trinajstić information content (AvgIpc) is 3.32. The van der Waals surface area contributed by atoms with Crippen molar-refractivity contribution in [3.8, 4) is 0 Å². The summed E-state index contributed by atoms with van der Waals surface area (Å²) in [7, 11) is 0. The van der Waals surface area contributed by atoms with Crippen molar-refractivity contribution in [3.63, 3.8) is 0 Å². The normalized spacial score (nSPS) is 15.2. The second kappa shape index (κ2) is 8.19. The van der Waals surface area contributed by atoms with E-state index in [1.807, 2.05) is 31.2 Å². The summed E-state index contributed by atoms with van der Waals surface area (Å²) < 4.78 is 0. The predicted molar refractivity (Wildman–Crippen MR) is 90.8 cm³/mol. The number of nitrogens with one attached hydrogen (secondary N) is 2. The van der Waals surface area contributed by atoms with Crippen molar-refractivity contribution < 1.29 is 9.59 Å². The first-order valence-corrected chi connectivity index (χ1v) is 8.66. The van der Waals surface area contributed by atoms with Crippen molar-refractivity contribution in [3.05, 3.63) is 29.8 Å². The fourth-order valence-electron chi connectivity index (χ4n) is 2.04. The number of aryl methyl sites for hydroxylation is 1. The summed E-state index contributed by atoms with van der Waals surface area (Å²) in [5, 5.41) is 5.62. The van der Waals surface area contributed by atoms with Crippen LogP contribution in [0, 0.1) is 12.8 Å². The van der Waals surface area contributed by atoms with E-state index in [1.165, 1.54) is 24.6 Å². The van der Waals surface area contributed by atoms with Gasteiger partial charge in [-0.25, -0.2) is 0 Å². The van der Waals surface area contributed by atoms with Crippen LogP contribution in [-0.4, -0.2) is 35.9 Å². The zero-order chi connectivity index (χ0) is 15.9. The van der Waals surface area contributed by atoms with Crippen molar-refractivity contribution in [1.29, 1.82) is 0 Å². The van der Waals surface area contributed by atoms with Crippen LogP contribution in [0.3, 0.4) is 0 Å². The fraction of sp³-hybridized carbons (Fsp3) is 0.500. The van der Waals surface area contributed by atoms with Crippen LogP contribution in [0.15, 0.2) is 24.3 Å². The molecule has 1 aromatic carbocycles. The van der Waals surface area contributed by atoms with Gasteiger partial charge >= 0.3 is 0 Å². The number of hydrogen-bond acceptors (Lipinski definition) is 4. The van der Waals surface area contributed by atoms with Gasteiger partial charge in [0.1, 0.15) is 0 Å². The predicted octanol–water partition coefficient (Wildman–Crippen LogP) is 1.52. The van der Waals surface area contributed by atoms with Crippen molar-refractivity contribution in [1.82, 2.24) is 5.32 Å². The van der Waals surface area contributed by atoms with E-state index in [2.05, 4.69) is 10.6 Å². The maximum absolute atomic E-state index is 11.8. The van der Waals surface area contributed by atoms with Gasteiger partial charge in [0.2, 0.25) is 11.8 Å². The Hall–Kier alpha value is -1.53. The Labute approximate surface area is 135 Å². The molecule has 4 N–H and O–H groups in total. The molecule has 0 saturated heterocycles. The molecule has 1 aliphatic rings. The minimum Gasteiger partial charge on any atom is -0.354 e. The number of amides is 2. The molecule has 0 heterocycles. The van der Waals surface area contributed by atoms with E-state index in [9.17, 15) is 9.59 Å². The van der Waals surface area contributed by atoms with Gasteiger partial charge < -0.3 is 16.4 Å². The summed E-state index contributed by atoms with van der Waals surface area (Å²) in [6.45, 7) is 2.52. The fourth-order valence-corrected chi connectivity index (χ4v) is 2.69. The van der Waals surface area contributed by atoms with Crippen LogP contribution in [0.2, 0.25) is 0 Å². The molecule has 0 bridgehead atoms. The van der Waals surface area contributed by atoms with Crippen molar-refractivity contribution in [2.75, 3.05) is 23.4 Å². The van der Waals surface area contributed by atoms with Crippen molar-refractivity contribution >= 4 is 29.3 Å². The average molecular weight is 321 g/mol. The van der Waals surface area contributed by atoms with E-state index in [1.54, 1.807) is 0 Å². The number of benzene rings is 1. The largest absolute Gasteiger partial charge is 0.354 e. The maximum Gasteiger partial charge on any atom is 0.234 e. The van der Waals surface area contributed by atoms with Gasteiger partial charge in [-0.05, 0) is 37.8 Å². The minimum atomic E-state index is -0.101. The molecule has 2 rings (SSSR count).